The zero-order chi connectivity index (χ0) is 15.9. The molecule has 0 aromatic heterocycles. The highest BCUT2D eigenvalue weighted by Crippen LogP contribution is 2.20. The van der Waals surface area contributed by atoms with E-state index in [1.807, 2.05) is 0 Å². The highest BCUT2D eigenvalue weighted by molar-refractivity contribution is 7.80. The Morgan fingerprint density at radius 3 is 2.91 bits per heavy atom. The molecule has 23 heavy (non-hydrogen) atoms. The van der Waals surface area contributed by atoms with E-state index in [4.69, 9.17) is 17.0 Å². The van der Waals surface area contributed by atoms with Crippen LogP contribution in [-0.2, 0) is 11.2 Å². The van der Waals surface area contributed by atoms with E-state index >= 15 is 0 Å². The lowest BCUT2D eigenvalue weighted by atomic mass is 9.90. The number of fused-ring (bicyclic) bond motifs is 1. The Hall–Kier alpha value is -1.50. The van der Waals surface area contributed by atoms with Gasteiger partial charge in [0.2, 0.25) is 0 Å². The van der Waals surface area contributed by atoms with Gasteiger partial charge in [-0.2, -0.15) is 5.10 Å². The van der Waals surface area contributed by atoms with Gasteiger partial charge in [0.05, 0.1) is 18.9 Å². The van der Waals surface area contributed by atoms with Crippen molar-refractivity contribution in [2.24, 2.45) is 5.10 Å². The van der Waals surface area contributed by atoms with Gasteiger partial charge in [-0.15, -0.1) is 0 Å². The van der Waals surface area contributed by atoms with Gasteiger partial charge in [0.15, 0.2) is 5.11 Å². The monoisotopic (exact) mass is 332 g/mol. The number of aryl methyl sites for hydroxylation is 1. The summed E-state index contributed by atoms with van der Waals surface area (Å²) in [5.41, 5.74) is 6.73. The lowest BCUT2D eigenvalue weighted by Gasteiger charge is -2.26. The Kier molecular flexibility index (Phi) is 5.96. The van der Waals surface area contributed by atoms with E-state index in [0.717, 1.165) is 64.4 Å². The molecule has 1 fully saturated rings. The molecule has 1 aliphatic heterocycles. The maximum Gasteiger partial charge on any atom is 0.187 e. The van der Waals surface area contributed by atoms with Crippen LogP contribution in [0.4, 0.5) is 0 Å². The maximum atomic E-state index is 5.34. The predicted molar refractivity (Wildman–Crippen MR) is 96.9 cm³/mol. The highest BCUT2D eigenvalue weighted by atomic mass is 32.1. The first-order valence-corrected chi connectivity index (χ1v) is 8.72. The number of hydrogen-bond donors (Lipinski definition) is 2. The number of morpholine rings is 1. The first-order valence-electron chi connectivity index (χ1n) is 8.32. The molecule has 1 aromatic rings. The summed E-state index contributed by atoms with van der Waals surface area (Å²) >= 11 is 5.32. The highest BCUT2D eigenvalue weighted by Gasteiger charge is 2.14. The summed E-state index contributed by atoms with van der Waals surface area (Å²) < 4.78 is 5.34. The van der Waals surface area contributed by atoms with Gasteiger partial charge in [-0.3, -0.25) is 10.3 Å². The molecule has 0 saturated carbocycles. The number of benzene rings is 1. The van der Waals surface area contributed by atoms with Crippen LogP contribution in [0.5, 0.6) is 0 Å². The van der Waals surface area contributed by atoms with Gasteiger partial charge in [0, 0.05) is 31.7 Å². The van der Waals surface area contributed by atoms with E-state index in [1.165, 1.54) is 11.1 Å². The van der Waals surface area contributed by atoms with Crippen molar-refractivity contribution in [1.29, 1.82) is 0 Å². The van der Waals surface area contributed by atoms with E-state index in [2.05, 4.69) is 45.0 Å². The van der Waals surface area contributed by atoms with Crippen LogP contribution in [0.25, 0.3) is 0 Å². The molecule has 124 valence electrons. The normalized spacial score (nSPS) is 20.1. The fourth-order valence-corrected chi connectivity index (χ4v) is 3.17. The number of nitrogens with one attached hydrogen (secondary N) is 2. The Morgan fingerprint density at radius 1 is 1.22 bits per heavy atom. The molecule has 0 unspecified atom stereocenters. The van der Waals surface area contributed by atoms with Gasteiger partial charge in [-0.05, 0) is 37.0 Å². The van der Waals surface area contributed by atoms with Crippen molar-refractivity contribution in [2.75, 3.05) is 39.4 Å². The lowest BCUT2D eigenvalue weighted by molar-refractivity contribution is 0.0389. The third-order valence-electron chi connectivity index (χ3n) is 4.30. The molecule has 1 heterocycles. The molecule has 0 radical (unpaired) electrons. The number of rotatable bonds is 4. The molecule has 6 heteroatoms. The first kappa shape index (κ1) is 16.4. The van der Waals surface area contributed by atoms with E-state index < -0.39 is 0 Å². The van der Waals surface area contributed by atoms with Crippen LogP contribution in [0, 0.1) is 0 Å². The van der Waals surface area contributed by atoms with Crippen LogP contribution in [0.2, 0.25) is 0 Å². The number of thiocarbonyl (C=S) groups is 1. The van der Waals surface area contributed by atoms with Crippen LogP contribution in [0.3, 0.4) is 0 Å². The van der Waals surface area contributed by atoms with Crippen LogP contribution < -0.4 is 10.7 Å². The summed E-state index contributed by atoms with van der Waals surface area (Å²) in [6.45, 7) is 5.46. The minimum absolute atomic E-state index is 0.591. The van der Waals surface area contributed by atoms with Crippen molar-refractivity contribution in [2.45, 2.75) is 19.3 Å². The lowest BCUT2D eigenvalue weighted by Crippen LogP contribution is -2.43. The zero-order valence-electron chi connectivity index (χ0n) is 13.4. The van der Waals surface area contributed by atoms with E-state index in [1.54, 1.807) is 0 Å². The molecule has 1 saturated heterocycles. The molecule has 3 rings (SSSR count). The van der Waals surface area contributed by atoms with Gasteiger partial charge in [0.25, 0.3) is 0 Å². The van der Waals surface area contributed by atoms with Crippen LogP contribution in [0.15, 0.2) is 29.4 Å². The Morgan fingerprint density at radius 2 is 2.04 bits per heavy atom. The number of hydrazone groups is 1. The van der Waals surface area contributed by atoms with Gasteiger partial charge < -0.3 is 10.1 Å². The summed E-state index contributed by atoms with van der Waals surface area (Å²) in [7, 11) is 0. The molecule has 0 spiro atoms. The fraction of sp³-hybridized carbons (Fsp3) is 0.529. The molecule has 0 bridgehead atoms. The second-order valence-corrected chi connectivity index (χ2v) is 6.30. The summed E-state index contributed by atoms with van der Waals surface area (Å²) in [5, 5.41) is 8.33. The molecular weight excluding hydrogens is 308 g/mol. The third kappa shape index (κ3) is 4.73. The smallest absolute Gasteiger partial charge is 0.187 e. The maximum absolute atomic E-state index is 5.34. The molecule has 1 aliphatic carbocycles. The van der Waals surface area contributed by atoms with E-state index in [-0.39, 0.29) is 0 Å². The Labute approximate surface area is 143 Å². The number of nitrogens with zero attached hydrogens (tertiary/aromatic N) is 2. The minimum Gasteiger partial charge on any atom is -0.379 e. The van der Waals surface area contributed by atoms with Gasteiger partial charge in [0.1, 0.15) is 0 Å². The fourth-order valence-electron chi connectivity index (χ4n) is 3.03. The van der Waals surface area contributed by atoms with Crippen LogP contribution >= 0.6 is 12.2 Å². The quantitative estimate of drug-likeness (QED) is 0.647. The van der Waals surface area contributed by atoms with Crippen molar-refractivity contribution < 1.29 is 4.74 Å². The summed E-state index contributed by atoms with van der Waals surface area (Å²) in [6, 6.07) is 8.48. The van der Waals surface area contributed by atoms with E-state index in [0.29, 0.717) is 5.11 Å². The van der Waals surface area contributed by atoms with Crippen LogP contribution in [-0.4, -0.2) is 55.1 Å². The first-order chi connectivity index (χ1) is 11.3. The summed E-state index contributed by atoms with van der Waals surface area (Å²) in [5.74, 6) is 0. The molecule has 5 nitrogen and oxygen atoms in total. The second kappa shape index (κ2) is 8.38. The van der Waals surface area contributed by atoms with Crippen molar-refractivity contribution in [3.63, 3.8) is 0 Å². The molecule has 0 amide bonds. The Bertz CT molecular complexity index is 569. The number of ether oxygens (including phenoxy) is 1. The third-order valence-corrected chi connectivity index (χ3v) is 4.53. The molecule has 1 aromatic carbocycles. The predicted octanol–water partition coefficient (Wildman–Crippen LogP) is 1.52. The van der Waals surface area contributed by atoms with Gasteiger partial charge in [-0.25, -0.2) is 0 Å². The molecule has 0 atom stereocenters. The SMILES string of the molecule is S=C(NCCN1CCOCC1)N/N=C1/CCCc2ccccc21. The Balaban J connectivity index is 1.45. The summed E-state index contributed by atoms with van der Waals surface area (Å²) in [6.07, 6.45) is 3.28. The van der Waals surface area contributed by atoms with Crippen molar-refractivity contribution in [3.8, 4) is 0 Å². The second-order valence-electron chi connectivity index (χ2n) is 5.89. The topological polar surface area (TPSA) is 48.9 Å². The summed E-state index contributed by atoms with van der Waals surface area (Å²) in [4.78, 5) is 2.38. The van der Waals surface area contributed by atoms with Gasteiger partial charge in [-0.1, -0.05) is 24.3 Å². The average molecular weight is 332 g/mol. The van der Waals surface area contributed by atoms with Crippen molar-refractivity contribution in [3.05, 3.63) is 35.4 Å². The van der Waals surface area contributed by atoms with Crippen molar-refractivity contribution in [1.82, 2.24) is 15.6 Å². The standard InChI is InChI=1S/C17H24N4OS/c23-17(18-8-9-21-10-12-22-13-11-21)20-19-16-7-3-5-14-4-1-2-6-15(14)16/h1-2,4,6H,3,5,7-13H2,(H2,18,20,23)/b19-16-. The molecule has 2 N–H and O–H groups in total. The molecule has 2 aliphatic rings. The number of hydrogen-bond acceptors (Lipinski definition) is 4. The zero-order valence-corrected chi connectivity index (χ0v) is 14.2. The molecular formula is C17H24N4OS. The largest absolute Gasteiger partial charge is 0.379 e. The van der Waals surface area contributed by atoms with E-state index in [9.17, 15) is 0 Å². The van der Waals surface area contributed by atoms with Crippen molar-refractivity contribution >= 4 is 23.0 Å². The average Bonchev–Trinajstić information content (AvgIpc) is 2.61. The van der Waals surface area contributed by atoms with Gasteiger partial charge >= 0.3 is 0 Å². The minimum atomic E-state index is 0.591. The van der Waals surface area contributed by atoms with Crippen LogP contribution in [0.1, 0.15) is 24.0 Å².